The fourth-order valence-electron chi connectivity index (χ4n) is 3.48. The number of benzene rings is 1. The van der Waals surface area contributed by atoms with Crippen molar-refractivity contribution in [3.63, 3.8) is 0 Å². The Balaban J connectivity index is 1.60. The number of hydrogen-bond acceptors (Lipinski definition) is 7. The molecule has 1 aliphatic rings. The Hall–Kier alpha value is -2.87. The first-order valence-electron chi connectivity index (χ1n) is 11.0. The second-order valence-corrected chi connectivity index (χ2v) is 9.21. The summed E-state index contributed by atoms with van der Waals surface area (Å²) in [4.78, 5) is 38.2. The normalized spacial score (nSPS) is 12.8. The van der Waals surface area contributed by atoms with E-state index >= 15 is 0 Å². The van der Waals surface area contributed by atoms with Crippen molar-refractivity contribution in [1.82, 2.24) is 0 Å². The number of rotatable bonds is 9. The molecule has 1 aromatic heterocycles. The number of carbonyl (C=O) groups excluding carboxylic acids is 3. The molecule has 7 nitrogen and oxygen atoms in total. The molecule has 8 heteroatoms. The number of hydrogen-bond donors (Lipinski definition) is 2. The van der Waals surface area contributed by atoms with E-state index in [-0.39, 0.29) is 30.3 Å². The van der Waals surface area contributed by atoms with Crippen LogP contribution in [0.5, 0.6) is 0 Å². The van der Waals surface area contributed by atoms with Gasteiger partial charge < -0.3 is 20.1 Å². The molecule has 2 aromatic rings. The van der Waals surface area contributed by atoms with Crippen molar-refractivity contribution in [2.75, 3.05) is 30.4 Å². The Labute approximate surface area is 192 Å². The van der Waals surface area contributed by atoms with Crippen molar-refractivity contribution in [2.45, 2.75) is 46.5 Å². The number of thiophene rings is 1. The highest BCUT2D eigenvalue weighted by Gasteiger charge is 2.27. The zero-order chi connectivity index (χ0) is 23.1. The summed E-state index contributed by atoms with van der Waals surface area (Å²) in [5.74, 6) is -0.725. The van der Waals surface area contributed by atoms with Gasteiger partial charge in [0.05, 0.1) is 30.9 Å². The van der Waals surface area contributed by atoms with Crippen LogP contribution in [0.15, 0.2) is 24.3 Å². The summed E-state index contributed by atoms with van der Waals surface area (Å²) in [7, 11) is 0. The van der Waals surface area contributed by atoms with Gasteiger partial charge in [0, 0.05) is 10.6 Å². The number of esters is 2. The van der Waals surface area contributed by atoms with Crippen LogP contribution < -0.4 is 10.6 Å². The molecule has 172 valence electrons. The van der Waals surface area contributed by atoms with E-state index in [1.165, 1.54) is 11.3 Å². The molecule has 1 heterocycles. The lowest BCUT2D eigenvalue weighted by molar-refractivity contribution is -0.114. The van der Waals surface area contributed by atoms with Crippen LogP contribution in [0.1, 0.15) is 64.8 Å². The molecule has 0 aliphatic heterocycles. The van der Waals surface area contributed by atoms with Crippen LogP contribution in [0.4, 0.5) is 10.7 Å². The zero-order valence-electron chi connectivity index (χ0n) is 18.8. The number of nitrogens with one attached hydrogen (secondary N) is 2. The van der Waals surface area contributed by atoms with Gasteiger partial charge in [-0.2, -0.15) is 0 Å². The highest BCUT2D eigenvalue weighted by molar-refractivity contribution is 7.17. The lowest BCUT2D eigenvalue weighted by Crippen LogP contribution is -2.22. The minimum Gasteiger partial charge on any atom is -0.462 e. The van der Waals surface area contributed by atoms with Crippen LogP contribution in [0.3, 0.4) is 0 Å². The molecule has 0 bridgehead atoms. The average molecular weight is 459 g/mol. The van der Waals surface area contributed by atoms with Gasteiger partial charge in [0.1, 0.15) is 5.00 Å². The number of carbonyl (C=O) groups is 3. The third-order valence-electron chi connectivity index (χ3n) is 5.03. The molecule has 1 aromatic carbocycles. The first-order chi connectivity index (χ1) is 15.4. The maximum atomic E-state index is 12.6. The van der Waals surface area contributed by atoms with E-state index in [4.69, 9.17) is 9.47 Å². The van der Waals surface area contributed by atoms with Gasteiger partial charge >= 0.3 is 11.9 Å². The molecule has 0 fully saturated rings. The molecular formula is C24H30N2O5S. The van der Waals surface area contributed by atoms with Gasteiger partial charge in [0.2, 0.25) is 5.91 Å². The second kappa shape index (κ2) is 11.1. The molecule has 1 aliphatic carbocycles. The summed E-state index contributed by atoms with van der Waals surface area (Å²) in [6, 6.07) is 6.78. The van der Waals surface area contributed by atoms with Gasteiger partial charge in [-0.15, -0.1) is 11.3 Å². The van der Waals surface area contributed by atoms with E-state index in [0.717, 1.165) is 36.1 Å². The van der Waals surface area contributed by atoms with E-state index in [0.29, 0.717) is 35.0 Å². The lowest BCUT2D eigenvalue weighted by atomic mass is 9.95. The van der Waals surface area contributed by atoms with Crippen LogP contribution in [0, 0.1) is 5.92 Å². The number of amides is 1. The van der Waals surface area contributed by atoms with E-state index in [1.807, 2.05) is 13.8 Å². The molecule has 0 radical (unpaired) electrons. The number of anilines is 2. The molecule has 3 rings (SSSR count). The van der Waals surface area contributed by atoms with Crippen LogP contribution in [0.2, 0.25) is 0 Å². The molecule has 32 heavy (non-hydrogen) atoms. The first kappa shape index (κ1) is 23.8. The Bertz CT molecular complexity index is 966. The summed E-state index contributed by atoms with van der Waals surface area (Å²) >= 11 is 1.47. The fourth-order valence-corrected chi connectivity index (χ4v) is 4.77. The van der Waals surface area contributed by atoms with Gasteiger partial charge in [-0.1, -0.05) is 13.8 Å². The van der Waals surface area contributed by atoms with Crippen molar-refractivity contribution in [1.29, 1.82) is 0 Å². The SMILES string of the molecule is CCOC(=O)c1c(NC(=O)CNc2ccc(C(=O)OCC(C)C)cc2)sc2c1CCCC2. The van der Waals surface area contributed by atoms with Gasteiger partial charge in [0.25, 0.3) is 0 Å². The number of fused-ring (bicyclic) bond motifs is 1. The topological polar surface area (TPSA) is 93.7 Å². The molecular weight excluding hydrogens is 428 g/mol. The molecule has 1 amide bonds. The predicted octanol–water partition coefficient (Wildman–Crippen LogP) is 4.67. The van der Waals surface area contributed by atoms with Gasteiger partial charge in [-0.25, -0.2) is 9.59 Å². The summed E-state index contributed by atoms with van der Waals surface area (Å²) < 4.78 is 10.4. The highest BCUT2D eigenvalue weighted by atomic mass is 32.1. The third kappa shape index (κ3) is 6.09. The number of ether oxygens (including phenoxy) is 2. The van der Waals surface area contributed by atoms with Crippen LogP contribution in [-0.4, -0.2) is 37.6 Å². The quantitative estimate of drug-likeness (QED) is 0.531. The predicted molar refractivity (Wildman–Crippen MR) is 126 cm³/mol. The smallest absolute Gasteiger partial charge is 0.341 e. The lowest BCUT2D eigenvalue weighted by Gasteiger charge is -2.12. The summed E-state index contributed by atoms with van der Waals surface area (Å²) in [5.41, 5.74) is 2.69. The molecule has 2 N–H and O–H groups in total. The summed E-state index contributed by atoms with van der Waals surface area (Å²) in [5, 5.41) is 6.48. The minimum atomic E-state index is -0.380. The fraction of sp³-hybridized carbons (Fsp3) is 0.458. The largest absolute Gasteiger partial charge is 0.462 e. The maximum Gasteiger partial charge on any atom is 0.341 e. The molecule has 0 atom stereocenters. The minimum absolute atomic E-state index is 0.0297. The molecule has 0 saturated carbocycles. The Morgan fingerprint density at radius 3 is 2.44 bits per heavy atom. The van der Waals surface area contributed by atoms with Crippen LogP contribution in [-0.2, 0) is 27.1 Å². The standard InChI is InChI=1S/C24H30N2O5S/c1-4-30-24(29)21-18-7-5-6-8-19(18)32-22(21)26-20(27)13-25-17-11-9-16(10-12-17)23(28)31-14-15(2)3/h9-12,15,25H,4-8,13-14H2,1-3H3,(H,26,27). The average Bonchev–Trinajstić information content (AvgIpc) is 3.14. The van der Waals surface area contributed by atoms with Crippen LogP contribution >= 0.6 is 11.3 Å². The van der Waals surface area contributed by atoms with E-state index in [9.17, 15) is 14.4 Å². The monoisotopic (exact) mass is 458 g/mol. The Morgan fingerprint density at radius 1 is 1.03 bits per heavy atom. The Morgan fingerprint density at radius 2 is 1.75 bits per heavy atom. The number of aryl methyl sites for hydroxylation is 1. The molecule has 0 spiro atoms. The zero-order valence-corrected chi connectivity index (χ0v) is 19.6. The summed E-state index contributed by atoms with van der Waals surface area (Å²) in [6.45, 7) is 6.42. The third-order valence-corrected chi connectivity index (χ3v) is 6.23. The van der Waals surface area contributed by atoms with Crippen LogP contribution in [0.25, 0.3) is 0 Å². The second-order valence-electron chi connectivity index (χ2n) is 8.11. The van der Waals surface area contributed by atoms with Gasteiger partial charge in [-0.05, 0) is 68.4 Å². The maximum absolute atomic E-state index is 12.6. The summed E-state index contributed by atoms with van der Waals surface area (Å²) in [6.07, 6.45) is 3.88. The van der Waals surface area contributed by atoms with E-state index < -0.39 is 0 Å². The molecule has 0 unspecified atom stereocenters. The first-order valence-corrected chi connectivity index (χ1v) is 11.8. The Kier molecular flexibility index (Phi) is 8.27. The van der Waals surface area contributed by atoms with Gasteiger partial charge in [0.15, 0.2) is 0 Å². The van der Waals surface area contributed by atoms with E-state index in [1.54, 1.807) is 31.2 Å². The molecule has 0 saturated heterocycles. The van der Waals surface area contributed by atoms with Crippen molar-refractivity contribution >= 4 is 39.9 Å². The van der Waals surface area contributed by atoms with Crippen molar-refractivity contribution < 1.29 is 23.9 Å². The highest BCUT2D eigenvalue weighted by Crippen LogP contribution is 2.38. The van der Waals surface area contributed by atoms with Crippen molar-refractivity contribution in [3.8, 4) is 0 Å². The van der Waals surface area contributed by atoms with E-state index in [2.05, 4.69) is 10.6 Å². The van der Waals surface area contributed by atoms with Crippen molar-refractivity contribution in [3.05, 3.63) is 45.8 Å². The van der Waals surface area contributed by atoms with Gasteiger partial charge in [-0.3, -0.25) is 4.79 Å². The van der Waals surface area contributed by atoms with Crippen molar-refractivity contribution in [2.24, 2.45) is 5.92 Å².